The molecule has 1 heterocycles. The minimum absolute atomic E-state index is 0.0229. The minimum Gasteiger partial charge on any atom is -0.333 e. The van der Waals surface area contributed by atoms with Crippen molar-refractivity contribution in [3.63, 3.8) is 0 Å². The van der Waals surface area contributed by atoms with Crippen molar-refractivity contribution in [3.8, 4) is 0 Å². The molecule has 0 saturated carbocycles. The molecule has 1 rings (SSSR count). The molecule has 0 bridgehead atoms. The van der Waals surface area contributed by atoms with E-state index in [9.17, 15) is 9.59 Å². The summed E-state index contributed by atoms with van der Waals surface area (Å²) in [5.74, 6) is 0.0229. The van der Waals surface area contributed by atoms with Crippen LogP contribution >= 0.6 is 0 Å². The summed E-state index contributed by atoms with van der Waals surface area (Å²) < 4.78 is 0. The fourth-order valence-electron chi connectivity index (χ4n) is 1.48. The van der Waals surface area contributed by atoms with Crippen LogP contribution in [0.2, 0.25) is 0 Å². The van der Waals surface area contributed by atoms with Crippen LogP contribution in [0.4, 0.5) is 4.79 Å². The Labute approximate surface area is 84.7 Å². The van der Waals surface area contributed by atoms with Crippen molar-refractivity contribution < 1.29 is 9.59 Å². The van der Waals surface area contributed by atoms with Gasteiger partial charge in [-0.1, -0.05) is 20.8 Å². The lowest BCUT2D eigenvalue weighted by molar-refractivity contribution is -0.117. The third kappa shape index (κ3) is 2.47. The second-order valence-corrected chi connectivity index (χ2v) is 4.95. The van der Waals surface area contributed by atoms with Crippen LogP contribution in [0.25, 0.3) is 0 Å². The predicted molar refractivity (Wildman–Crippen MR) is 54.0 cm³/mol. The number of hydrogen-bond acceptors (Lipinski definition) is 2. The monoisotopic (exact) mass is 198 g/mol. The van der Waals surface area contributed by atoms with E-state index in [2.05, 4.69) is 26.1 Å². The van der Waals surface area contributed by atoms with Gasteiger partial charge in [0.1, 0.15) is 5.78 Å². The molecule has 1 atom stereocenters. The Morgan fingerprint density at radius 2 is 2.14 bits per heavy atom. The molecule has 1 aliphatic rings. The molecule has 0 aromatic heterocycles. The summed E-state index contributed by atoms with van der Waals surface area (Å²) in [6.45, 7) is 8.58. The zero-order chi connectivity index (χ0) is 10.9. The minimum atomic E-state index is -0.125. The van der Waals surface area contributed by atoms with E-state index >= 15 is 0 Å². The van der Waals surface area contributed by atoms with E-state index in [1.54, 1.807) is 4.90 Å². The SMILES string of the molecule is CC(=O)CN1CC(C(C)(C)C)NC1=O. The van der Waals surface area contributed by atoms with Crippen molar-refractivity contribution >= 4 is 11.8 Å². The molecule has 0 aromatic carbocycles. The van der Waals surface area contributed by atoms with Crippen LogP contribution in [0.3, 0.4) is 0 Å². The van der Waals surface area contributed by atoms with Gasteiger partial charge in [-0.3, -0.25) is 4.79 Å². The lowest BCUT2D eigenvalue weighted by Gasteiger charge is -2.25. The Bertz CT molecular complexity index is 255. The van der Waals surface area contributed by atoms with Crippen LogP contribution in [0, 0.1) is 5.41 Å². The van der Waals surface area contributed by atoms with E-state index in [0.29, 0.717) is 6.54 Å². The van der Waals surface area contributed by atoms with Gasteiger partial charge >= 0.3 is 6.03 Å². The second-order valence-electron chi connectivity index (χ2n) is 4.95. The molecule has 14 heavy (non-hydrogen) atoms. The van der Waals surface area contributed by atoms with Crippen LogP contribution in [-0.4, -0.2) is 35.8 Å². The summed E-state index contributed by atoms with van der Waals surface area (Å²) in [4.78, 5) is 23.9. The number of urea groups is 1. The van der Waals surface area contributed by atoms with Gasteiger partial charge in [0.25, 0.3) is 0 Å². The number of carbonyl (C=O) groups excluding carboxylic acids is 2. The fourth-order valence-corrected chi connectivity index (χ4v) is 1.48. The molecule has 4 nitrogen and oxygen atoms in total. The molecule has 1 unspecified atom stereocenters. The average Bonchev–Trinajstić information content (AvgIpc) is 2.30. The van der Waals surface area contributed by atoms with Gasteiger partial charge in [0.15, 0.2) is 0 Å². The van der Waals surface area contributed by atoms with Crippen molar-refractivity contribution in [2.75, 3.05) is 13.1 Å². The Balaban J connectivity index is 2.60. The molecular formula is C10H18N2O2. The van der Waals surface area contributed by atoms with Crippen molar-refractivity contribution in [3.05, 3.63) is 0 Å². The van der Waals surface area contributed by atoms with Crippen molar-refractivity contribution in [2.24, 2.45) is 5.41 Å². The molecule has 1 saturated heterocycles. The van der Waals surface area contributed by atoms with Crippen LogP contribution < -0.4 is 5.32 Å². The highest BCUT2D eigenvalue weighted by atomic mass is 16.2. The van der Waals surface area contributed by atoms with Gasteiger partial charge in [0.2, 0.25) is 0 Å². The van der Waals surface area contributed by atoms with Gasteiger partial charge in [-0.05, 0) is 12.3 Å². The summed E-state index contributed by atoms with van der Waals surface area (Å²) in [6, 6.07) is 0.00877. The summed E-state index contributed by atoms with van der Waals surface area (Å²) >= 11 is 0. The maximum absolute atomic E-state index is 11.4. The quantitative estimate of drug-likeness (QED) is 0.720. The molecule has 1 N–H and O–H groups in total. The molecule has 0 spiro atoms. The van der Waals surface area contributed by atoms with E-state index in [0.717, 1.165) is 0 Å². The summed E-state index contributed by atoms with van der Waals surface area (Å²) in [5.41, 5.74) is 0.0429. The first-order valence-corrected chi connectivity index (χ1v) is 4.85. The third-order valence-electron chi connectivity index (χ3n) is 2.45. The van der Waals surface area contributed by atoms with Gasteiger partial charge in [-0.25, -0.2) is 4.79 Å². The Morgan fingerprint density at radius 1 is 1.57 bits per heavy atom. The van der Waals surface area contributed by atoms with Crippen molar-refractivity contribution in [2.45, 2.75) is 33.7 Å². The van der Waals surface area contributed by atoms with E-state index in [1.165, 1.54) is 6.92 Å². The molecular weight excluding hydrogens is 180 g/mol. The molecule has 4 heteroatoms. The number of carbonyl (C=O) groups is 2. The maximum Gasteiger partial charge on any atom is 0.318 e. The highest BCUT2D eigenvalue weighted by Crippen LogP contribution is 2.23. The predicted octanol–water partition coefficient (Wildman–Crippen LogP) is 1.02. The summed E-state index contributed by atoms with van der Waals surface area (Å²) in [5, 5.41) is 2.88. The van der Waals surface area contributed by atoms with Gasteiger partial charge in [-0.15, -0.1) is 0 Å². The van der Waals surface area contributed by atoms with Crippen LogP contribution in [-0.2, 0) is 4.79 Å². The van der Waals surface area contributed by atoms with E-state index < -0.39 is 0 Å². The molecule has 0 aromatic rings. The van der Waals surface area contributed by atoms with Gasteiger partial charge < -0.3 is 10.2 Å². The normalized spacial score (nSPS) is 22.4. The average molecular weight is 198 g/mol. The van der Waals surface area contributed by atoms with Crippen LogP contribution in [0.15, 0.2) is 0 Å². The van der Waals surface area contributed by atoms with E-state index in [-0.39, 0.29) is 29.8 Å². The Hall–Kier alpha value is -1.06. The first kappa shape index (κ1) is 11.0. The zero-order valence-electron chi connectivity index (χ0n) is 9.26. The Kier molecular flexibility index (Phi) is 2.83. The molecule has 0 aliphatic carbocycles. The number of ketones is 1. The first-order valence-electron chi connectivity index (χ1n) is 4.85. The number of amides is 2. The summed E-state index contributed by atoms with van der Waals surface area (Å²) in [7, 11) is 0. The lowest BCUT2D eigenvalue weighted by atomic mass is 9.87. The first-order chi connectivity index (χ1) is 6.30. The largest absolute Gasteiger partial charge is 0.333 e. The van der Waals surface area contributed by atoms with Gasteiger partial charge in [-0.2, -0.15) is 0 Å². The maximum atomic E-state index is 11.4. The summed E-state index contributed by atoms with van der Waals surface area (Å²) in [6.07, 6.45) is 0. The van der Waals surface area contributed by atoms with E-state index in [1.807, 2.05) is 0 Å². The molecule has 1 fully saturated rings. The third-order valence-corrected chi connectivity index (χ3v) is 2.45. The standard InChI is InChI=1S/C10H18N2O2/c1-7(13)5-12-6-8(10(2,3)4)11-9(12)14/h8H,5-6H2,1-4H3,(H,11,14). The van der Waals surface area contributed by atoms with Crippen molar-refractivity contribution in [1.29, 1.82) is 0 Å². The number of nitrogens with one attached hydrogen (secondary N) is 1. The Morgan fingerprint density at radius 3 is 2.50 bits per heavy atom. The fraction of sp³-hybridized carbons (Fsp3) is 0.800. The number of nitrogens with zero attached hydrogens (tertiary/aromatic N) is 1. The van der Waals surface area contributed by atoms with Crippen LogP contribution in [0.5, 0.6) is 0 Å². The molecule has 80 valence electrons. The van der Waals surface area contributed by atoms with Crippen LogP contribution in [0.1, 0.15) is 27.7 Å². The van der Waals surface area contributed by atoms with Gasteiger partial charge in [0.05, 0.1) is 12.6 Å². The second kappa shape index (κ2) is 3.59. The molecule has 0 radical (unpaired) electrons. The number of hydrogen-bond donors (Lipinski definition) is 1. The highest BCUT2D eigenvalue weighted by Gasteiger charge is 2.36. The highest BCUT2D eigenvalue weighted by molar-refractivity contribution is 5.85. The topological polar surface area (TPSA) is 49.4 Å². The number of Topliss-reactive ketones (excluding diaryl/α,β-unsaturated/α-hetero) is 1. The lowest BCUT2D eigenvalue weighted by Crippen LogP contribution is -2.38. The molecule has 1 aliphatic heterocycles. The van der Waals surface area contributed by atoms with Gasteiger partial charge in [0, 0.05) is 6.54 Å². The number of rotatable bonds is 2. The smallest absolute Gasteiger partial charge is 0.318 e. The van der Waals surface area contributed by atoms with Crippen molar-refractivity contribution in [1.82, 2.24) is 10.2 Å². The molecule has 2 amide bonds. The zero-order valence-corrected chi connectivity index (χ0v) is 9.26. The van der Waals surface area contributed by atoms with E-state index in [4.69, 9.17) is 0 Å².